The molecule has 4 rings (SSSR count). The predicted molar refractivity (Wildman–Crippen MR) is 98.1 cm³/mol. The zero-order valence-electron chi connectivity index (χ0n) is 14.6. The van der Waals surface area contributed by atoms with Gasteiger partial charge in [-0.2, -0.15) is 0 Å². The summed E-state index contributed by atoms with van der Waals surface area (Å²) in [5.74, 6) is 2.20. The highest BCUT2D eigenvalue weighted by atomic mass is 32.2. The van der Waals surface area contributed by atoms with E-state index in [1.165, 1.54) is 25.7 Å². The number of benzene rings is 1. The van der Waals surface area contributed by atoms with Crippen molar-refractivity contribution in [3.05, 3.63) is 24.3 Å². The minimum absolute atomic E-state index is 0.0592. The fourth-order valence-electron chi connectivity index (χ4n) is 5.20. The van der Waals surface area contributed by atoms with Crippen molar-refractivity contribution in [1.29, 1.82) is 0 Å². The Morgan fingerprint density at radius 3 is 2.32 bits per heavy atom. The lowest BCUT2D eigenvalue weighted by Gasteiger charge is -2.21. The number of fused-ring (bicyclic) bond motifs is 2. The number of anilines is 1. The first-order valence-corrected chi connectivity index (χ1v) is 11.2. The maximum Gasteiger partial charge on any atom is 0.224 e. The second kappa shape index (κ2) is 6.75. The SMILES string of the molecule is O=C(CC1CC2CCC1C2)Nc1ccc(S(=O)(=O)C2CCCC2)cc1. The summed E-state index contributed by atoms with van der Waals surface area (Å²) < 4.78 is 25.2. The summed E-state index contributed by atoms with van der Waals surface area (Å²) in [6.45, 7) is 0. The van der Waals surface area contributed by atoms with E-state index in [1.54, 1.807) is 24.3 Å². The van der Waals surface area contributed by atoms with Crippen LogP contribution in [0.3, 0.4) is 0 Å². The zero-order valence-corrected chi connectivity index (χ0v) is 15.4. The molecule has 1 aromatic carbocycles. The number of sulfone groups is 1. The summed E-state index contributed by atoms with van der Waals surface area (Å²) in [5, 5.41) is 2.71. The van der Waals surface area contributed by atoms with E-state index in [9.17, 15) is 13.2 Å². The summed E-state index contributed by atoms with van der Waals surface area (Å²) in [6.07, 6.45) is 9.29. The molecular formula is C20H27NO3S. The standard InChI is InChI=1S/C20H27NO3S/c22-20(13-16-12-14-5-6-15(16)11-14)21-17-7-9-19(10-8-17)25(23,24)18-3-1-2-4-18/h7-10,14-16,18H,1-6,11-13H2,(H,21,22). The van der Waals surface area contributed by atoms with Crippen LogP contribution in [0.15, 0.2) is 29.2 Å². The number of rotatable bonds is 5. The van der Waals surface area contributed by atoms with E-state index < -0.39 is 9.84 Å². The highest BCUT2D eigenvalue weighted by Gasteiger charge is 2.40. The number of hydrogen-bond acceptors (Lipinski definition) is 3. The summed E-state index contributed by atoms with van der Waals surface area (Å²) in [6, 6.07) is 6.72. The topological polar surface area (TPSA) is 63.2 Å². The number of nitrogens with one attached hydrogen (secondary N) is 1. The molecular weight excluding hydrogens is 334 g/mol. The Morgan fingerprint density at radius 2 is 1.72 bits per heavy atom. The third-order valence-corrected chi connectivity index (χ3v) is 8.82. The van der Waals surface area contributed by atoms with Gasteiger partial charge in [0.05, 0.1) is 10.1 Å². The molecule has 5 heteroatoms. The van der Waals surface area contributed by atoms with Gasteiger partial charge < -0.3 is 5.32 Å². The molecule has 1 aromatic rings. The third-order valence-electron chi connectivity index (χ3n) is 6.54. The van der Waals surface area contributed by atoms with Gasteiger partial charge in [-0.1, -0.05) is 19.3 Å². The summed E-state index contributed by atoms with van der Waals surface area (Å²) in [5.41, 5.74) is 0.693. The van der Waals surface area contributed by atoms with Crippen molar-refractivity contribution >= 4 is 21.4 Å². The Bertz CT molecular complexity index is 735. The molecule has 3 aliphatic carbocycles. The Hall–Kier alpha value is -1.36. The molecule has 1 N–H and O–H groups in total. The van der Waals surface area contributed by atoms with E-state index in [2.05, 4.69) is 5.32 Å². The van der Waals surface area contributed by atoms with Crippen molar-refractivity contribution in [3.8, 4) is 0 Å². The Labute approximate surface area is 150 Å². The van der Waals surface area contributed by atoms with Gasteiger partial charge >= 0.3 is 0 Å². The monoisotopic (exact) mass is 361 g/mol. The molecule has 0 spiro atoms. The molecule has 3 saturated carbocycles. The van der Waals surface area contributed by atoms with Crippen molar-refractivity contribution in [2.45, 2.75) is 67.9 Å². The lowest BCUT2D eigenvalue weighted by atomic mass is 9.86. The van der Waals surface area contributed by atoms with Crippen LogP contribution in [0.1, 0.15) is 57.8 Å². The summed E-state index contributed by atoms with van der Waals surface area (Å²) >= 11 is 0. The van der Waals surface area contributed by atoms with Crippen LogP contribution in [0.25, 0.3) is 0 Å². The van der Waals surface area contributed by atoms with Crippen LogP contribution in [0.4, 0.5) is 5.69 Å². The van der Waals surface area contributed by atoms with Crippen LogP contribution in [-0.2, 0) is 14.6 Å². The Morgan fingerprint density at radius 1 is 1.00 bits per heavy atom. The van der Waals surface area contributed by atoms with Crippen molar-refractivity contribution in [2.75, 3.05) is 5.32 Å². The minimum atomic E-state index is -3.22. The van der Waals surface area contributed by atoms with Crippen LogP contribution in [0.2, 0.25) is 0 Å². The Kier molecular flexibility index (Phi) is 4.61. The lowest BCUT2D eigenvalue weighted by molar-refractivity contribution is -0.117. The average Bonchev–Trinajstić information content (AvgIpc) is 3.33. The maximum atomic E-state index is 12.6. The van der Waals surface area contributed by atoms with E-state index in [0.717, 1.165) is 37.5 Å². The molecule has 3 aliphatic rings. The van der Waals surface area contributed by atoms with E-state index in [0.29, 0.717) is 22.9 Å². The van der Waals surface area contributed by atoms with Gasteiger partial charge in [-0.15, -0.1) is 0 Å². The molecule has 0 saturated heterocycles. The highest BCUT2D eigenvalue weighted by Crippen LogP contribution is 2.49. The predicted octanol–water partition coefficient (Wildman–Crippen LogP) is 4.17. The van der Waals surface area contributed by atoms with E-state index in [1.807, 2.05) is 0 Å². The first-order valence-electron chi connectivity index (χ1n) is 9.66. The van der Waals surface area contributed by atoms with Crippen LogP contribution < -0.4 is 5.32 Å². The maximum absolute atomic E-state index is 12.6. The van der Waals surface area contributed by atoms with Crippen LogP contribution >= 0.6 is 0 Å². The van der Waals surface area contributed by atoms with Crippen LogP contribution in [0.5, 0.6) is 0 Å². The number of carbonyl (C=O) groups is 1. The molecule has 0 aliphatic heterocycles. The van der Waals surface area contributed by atoms with Crippen LogP contribution in [-0.4, -0.2) is 19.6 Å². The number of amides is 1. The minimum Gasteiger partial charge on any atom is -0.326 e. The van der Waals surface area contributed by atoms with E-state index in [-0.39, 0.29) is 11.2 Å². The quantitative estimate of drug-likeness (QED) is 0.856. The third kappa shape index (κ3) is 3.48. The van der Waals surface area contributed by atoms with Crippen molar-refractivity contribution < 1.29 is 13.2 Å². The number of hydrogen-bond donors (Lipinski definition) is 1. The molecule has 0 radical (unpaired) electrons. The fourth-order valence-corrected chi connectivity index (χ4v) is 7.05. The van der Waals surface area contributed by atoms with Crippen molar-refractivity contribution in [1.82, 2.24) is 0 Å². The van der Waals surface area contributed by atoms with Gasteiger partial charge in [-0.25, -0.2) is 8.42 Å². The summed E-state index contributed by atoms with van der Waals surface area (Å²) in [7, 11) is -3.22. The molecule has 1 amide bonds. The highest BCUT2D eigenvalue weighted by molar-refractivity contribution is 7.92. The molecule has 25 heavy (non-hydrogen) atoms. The van der Waals surface area contributed by atoms with Crippen LogP contribution in [0, 0.1) is 17.8 Å². The largest absolute Gasteiger partial charge is 0.326 e. The van der Waals surface area contributed by atoms with Crippen molar-refractivity contribution in [2.24, 2.45) is 17.8 Å². The lowest BCUT2D eigenvalue weighted by Crippen LogP contribution is -2.20. The molecule has 3 fully saturated rings. The second-order valence-electron chi connectivity index (χ2n) is 8.16. The van der Waals surface area contributed by atoms with Gasteiger partial charge in [0.15, 0.2) is 9.84 Å². The normalized spacial score (nSPS) is 29.2. The molecule has 2 bridgehead atoms. The first-order chi connectivity index (χ1) is 12.0. The molecule has 0 aromatic heterocycles. The molecule has 136 valence electrons. The van der Waals surface area contributed by atoms with Gasteiger partial charge in [-0.3, -0.25) is 4.79 Å². The first kappa shape index (κ1) is 17.1. The van der Waals surface area contributed by atoms with Gasteiger partial charge in [0.2, 0.25) is 5.91 Å². The average molecular weight is 362 g/mol. The molecule has 3 atom stereocenters. The number of carbonyl (C=O) groups excluding carboxylic acids is 1. The molecule has 3 unspecified atom stereocenters. The molecule has 4 nitrogen and oxygen atoms in total. The molecule has 0 heterocycles. The Balaban J connectivity index is 1.36. The fraction of sp³-hybridized carbons (Fsp3) is 0.650. The smallest absolute Gasteiger partial charge is 0.224 e. The van der Waals surface area contributed by atoms with Gasteiger partial charge in [0.25, 0.3) is 0 Å². The summed E-state index contributed by atoms with van der Waals surface area (Å²) in [4.78, 5) is 12.7. The van der Waals surface area contributed by atoms with E-state index in [4.69, 9.17) is 0 Å². The van der Waals surface area contributed by atoms with E-state index >= 15 is 0 Å². The zero-order chi connectivity index (χ0) is 17.4. The van der Waals surface area contributed by atoms with Gasteiger partial charge in [0, 0.05) is 12.1 Å². The van der Waals surface area contributed by atoms with Gasteiger partial charge in [-0.05, 0) is 74.1 Å². The van der Waals surface area contributed by atoms with Gasteiger partial charge in [0.1, 0.15) is 0 Å². The van der Waals surface area contributed by atoms with Crippen molar-refractivity contribution in [3.63, 3.8) is 0 Å². The second-order valence-corrected chi connectivity index (χ2v) is 10.4.